The first-order chi connectivity index (χ1) is 5.07. The lowest BCUT2D eigenvalue weighted by atomic mass is 9.95. The van der Waals surface area contributed by atoms with Crippen LogP contribution in [0.3, 0.4) is 0 Å². The van der Waals surface area contributed by atoms with Gasteiger partial charge in [0.1, 0.15) is 5.78 Å². The largest absolute Gasteiger partial charge is 0.328 e. The highest BCUT2D eigenvalue weighted by Crippen LogP contribution is 2.12. The number of Topliss-reactive ketones (excluding diaryl/α,β-unsaturated/α-hetero) is 1. The fraction of sp³-hybridized carbons (Fsp3) is 0.889. The fourth-order valence-electron chi connectivity index (χ4n) is 1.16. The van der Waals surface area contributed by atoms with Crippen LogP contribution in [0.15, 0.2) is 0 Å². The van der Waals surface area contributed by atoms with Crippen LogP contribution in [-0.2, 0) is 4.79 Å². The molecule has 0 aromatic carbocycles. The van der Waals surface area contributed by atoms with Crippen molar-refractivity contribution in [3.8, 4) is 0 Å². The number of rotatable bonds is 5. The first-order valence-corrected chi connectivity index (χ1v) is 4.34. The molecule has 0 aliphatic carbocycles. The number of nitrogens with two attached hydrogens (primary N) is 1. The summed E-state index contributed by atoms with van der Waals surface area (Å²) in [7, 11) is 0. The van der Waals surface area contributed by atoms with E-state index < -0.39 is 0 Å². The van der Waals surface area contributed by atoms with Crippen molar-refractivity contribution in [3.05, 3.63) is 0 Å². The Labute approximate surface area is 69.2 Å². The molecule has 0 aliphatic rings. The molecule has 0 radical (unpaired) electrons. The molecule has 1 unspecified atom stereocenters. The predicted molar refractivity (Wildman–Crippen MR) is 47.3 cm³/mol. The van der Waals surface area contributed by atoms with Crippen LogP contribution >= 0.6 is 0 Å². The van der Waals surface area contributed by atoms with E-state index in [-0.39, 0.29) is 12.0 Å². The Balaban J connectivity index is 3.61. The van der Waals surface area contributed by atoms with E-state index in [2.05, 4.69) is 0 Å². The van der Waals surface area contributed by atoms with Gasteiger partial charge in [-0.3, -0.25) is 4.79 Å². The van der Waals surface area contributed by atoms with Crippen LogP contribution in [0.1, 0.15) is 40.0 Å². The molecule has 0 heterocycles. The summed E-state index contributed by atoms with van der Waals surface area (Å²) in [5.41, 5.74) is 5.58. The molecule has 0 aromatic heterocycles. The number of carbonyl (C=O) groups is 1. The van der Waals surface area contributed by atoms with E-state index in [1.54, 1.807) is 6.92 Å². The third-order valence-corrected chi connectivity index (χ3v) is 2.04. The zero-order valence-corrected chi connectivity index (χ0v) is 7.76. The molecule has 0 spiro atoms. The number of hydrogen-bond donors (Lipinski definition) is 1. The van der Waals surface area contributed by atoms with E-state index in [9.17, 15) is 4.79 Å². The molecule has 0 aromatic rings. The minimum absolute atomic E-state index is 0.225. The Hall–Kier alpha value is -0.370. The van der Waals surface area contributed by atoms with Crippen LogP contribution in [0.2, 0.25) is 0 Å². The van der Waals surface area contributed by atoms with Gasteiger partial charge in [0.15, 0.2) is 0 Å². The van der Waals surface area contributed by atoms with Crippen molar-refractivity contribution in [2.45, 2.75) is 46.1 Å². The second-order valence-electron chi connectivity index (χ2n) is 3.27. The van der Waals surface area contributed by atoms with Gasteiger partial charge in [-0.2, -0.15) is 0 Å². The maximum atomic E-state index is 10.9. The summed E-state index contributed by atoms with van der Waals surface area (Å²) >= 11 is 0. The van der Waals surface area contributed by atoms with Crippen molar-refractivity contribution in [2.75, 3.05) is 0 Å². The lowest BCUT2D eigenvalue weighted by Gasteiger charge is -2.11. The highest BCUT2D eigenvalue weighted by molar-refractivity contribution is 5.78. The van der Waals surface area contributed by atoms with Gasteiger partial charge < -0.3 is 5.73 Å². The molecule has 0 aliphatic heterocycles. The quantitative estimate of drug-likeness (QED) is 0.660. The van der Waals surface area contributed by atoms with E-state index in [1.165, 1.54) is 0 Å². The van der Waals surface area contributed by atoms with Crippen LogP contribution in [0.25, 0.3) is 0 Å². The molecule has 0 saturated heterocycles. The monoisotopic (exact) mass is 157 g/mol. The summed E-state index contributed by atoms with van der Waals surface area (Å²) < 4.78 is 0. The van der Waals surface area contributed by atoms with E-state index in [0.717, 1.165) is 19.3 Å². The molecule has 0 amide bonds. The smallest absolute Gasteiger partial charge is 0.132 e. The second kappa shape index (κ2) is 5.30. The normalized spacial score (nSPS) is 16.0. The maximum Gasteiger partial charge on any atom is 0.132 e. The fourth-order valence-corrected chi connectivity index (χ4v) is 1.16. The maximum absolute atomic E-state index is 10.9. The van der Waals surface area contributed by atoms with E-state index in [4.69, 9.17) is 5.73 Å². The molecule has 0 fully saturated rings. The second-order valence-corrected chi connectivity index (χ2v) is 3.27. The Morgan fingerprint density at radius 2 is 2.00 bits per heavy atom. The summed E-state index contributed by atoms with van der Waals surface area (Å²) in [6, 6.07) is 0.225. The Bertz CT molecular complexity index is 121. The zero-order chi connectivity index (χ0) is 8.85. The summed E-state index contributed by atoms with van der Waals surface area (Å²) in [6.45, 7) is 5.69. The lowest BCUT2D eigenvalue weighted by Crippen LogP contribution is -2.18. The van der Waals surface area contributed by atoms with Crippen LogP contribution < -0.4 is 5.73 Å². The summed E-state index contributed by atoms with van der Waals surface area (Å²) in [4.78, 5) is 10.9. The summed E-state index contributed by atoms with van der Waals surface area (Å²) in [5.74, 6) is 0.536. The van der Waals surface area contributed by atoms with Gasteiger partial charge in [0.05, 0.1) is 0 Å². The van der Waals surface area contributed by atoms with Gasteiger partial charge in [-0.25, -0.2) is 0 Å². The average Bonchev–Trinajstić information content (AvgIpc) is 1.87. The average molecular weight is 157 g/mol. The van der Waals surface area contributed by atoms with Gasteiger partial charge in [0, 0.05) is 12.0 Å². The molecule has 2 atom stereocenters. The molecule has 66 valence electrons. The summed E-state index contributed by atoms with van der Waals surface area (Å²) in [5, 5.41) is 0. The first kappa shape index (κ1) is 10.6. The standard InChI is InChI=1S/C9H19NO/c1-4-9(8(3)11)6-5-7(2)10/h7,9H,4-6,10H2,1-3H3/t7?,9-/m0/s1. The third-order valence-electron chi connectivity index (χ3n) is 2.04. The van der Waals surface area contributed by atoms with Crippen molar-refractivity contribution in [1.82, 2.24) is 0 Å². The Morgan fingerprint density at radius 1 is 1.45 bits per heavy atom. The van der Waals surface area contributed by atoms with Crippen molar-refractivity contribution in [1.29, 1.82) is 0 Å². The van der Waals surface area contributed by atoms with Crippen molar-refractivity contribution >= 4 is 5.78 Å². The summed E-state index contributed by atoms with van der Waals surface area (Å²) in [6.07, 6.45) is 2.85. The molecule has 2 heteroatoms. The zero-order valence-electron chi connectivity index (χ0n) is 7.76. The van der Waals surface area contributed by atoms with Crippen molar-refractivity contribution in [3.63, 3.8) is 0 Å². The molecule has 0 saturated carbocycles. The SMILES string of the molecule is CC[C@@H](CCC(C)N)C(C)=O. The number of carbonyl (C=O) groups excluding carboxylic acids is 1. The number of hydrogen-bond acceptors (Lipinski definition) is 2. The molecule has 0 rings (SSSR count). The van der Waals surface area contributed by atoms with Crippen LogP contribution in [0, 0.1) is 5.92 Å². The van der Waals surface area contributed by atoms with E-state index in [0.29, 0.717) is 5.78 Å². The van der Waals surface area contributed by atoms with Crippen LogP contribution in [-0.4, -0.2) is 11.8 Å². The van der Waals surface area contributed by atoms with Gasteiger partial charge in [0.2, 0.25) is 0 Å². The van der Waals surface area contributed by atoms with Gasteiger partial charge in [-0.05, 0) is 33.1 Å². The minimum Gasteiger partial charge on any atom is -0.328 e. The van der Waals surface area contributed by atoms with Crippen molar-refractivity contribution in [2.24, 2.45) is 11.7 Å². The number of ketones is 1. The van der Waals surface area contributed by atoms with Gasteiger partial charge in [0.25, 0.3) is 0 Å². The molecular formula is C9H19NO. The van der Waals surface area contributed by atoms with Gasteiger partial charge in [-0.15, -0.1) is 0 Å². The van der Waals surface area contributed by atoms with Crippen LogP contribution in [0.4, 0.5) is 0 Å². The minimum atomic E-state index is 0.225. The highest BCUT2D eigenvalue weighted by Gasteiger charge is 2.11. The van der Waals surface area contributed by atoms with E-state index in [1.807, 2.05) is 13.8 Å². The van der Waals surface area contributed by atoms with Gasteiger partial charge in [-0.1, -0.05) is 6.92 Å². The predicted octanol–water partition coefficient (Wildman–Crippen LogP) is 1.73. The van der Waals surface area contributed by atoms with E-state index >= 15 is 0 Å². The molecule has 2 nitrogen and oxygen atoms in total. The van der Waals surface area contributed by atoms with Crippen LogP contribution in [0.5, 0.6) is 0 Å². The molecular weight excluding hydrogens is 138 g/mol. The molecule has 0 bridgehead atoms. The highest BCUT2D eigenvalue weighted by atomic mass is 16.1. The van der Waals surface area contributed by atoms with Gasteiger partial charge >= 0.3 is 0 Å². The first-order valence-electron chi connectivity index (χ1n) is 4.34. The third kappa shape index (κ3) is 4.96. The lowest BCUT2D eigenvalue weighted by molar-refractivity contribution is -0.121. The molecule has 11 heavy (non-hydrogen) atoms. The molecule has 2 N–H and O–H groups in total. The topological polar surface area (TPSA) is 43.1 Å². The Kier molecular flexibility index (Phi) is 5.12. The Morgan fingerprint density at radius 3 is 2.27 bits per heavy atom. The van der Waals surface area contributed by atoms with Crippen molar-refractivity contribution < 1.29 is 4.79 Å².